The molecule has 0 saturated heterocycles. The van der Waals surface area contributed by atoms with Gasteiger partial charge in [-0.05, 0) is 64.5 Å². The summed E-state index contributed by atoms with van der Waals surface area (Å²) in [6, 6.07) is 12.1. The topological polar surface area (TPSA) is 63.1 Å². The number of benzene rings is 1. The van der Waals surface area contributed by atoms with Gasteiger partial charge in [-0.15, -0.1) is 0 Å². The summed E-state index contributed by atoms with van der Waals surface area (Å²) in [4.78, 5) is 23.7. The highest BCUT2D eigenvalue weighted by atomic mass is 16.2. The molecular formula is C21H27N3O2. The second-order valence-electron chi connectivity index (χ2n) is 7.35. The molecule has 0 radical (unpaired) electrons. The lowest BCUT2D eigenvalue weighted by atomic mass is 10.1. The Bertz CT molecular complexity index is 812. The smallest absolute Gasteiger partial charge is 0.244 e. The normalized spacial score (nSPS) is 11.6. The first kappa shape index (κ1) is 19.5. The van der Waals surface area contributed by atoms with E-state index in [4.69, 9.17) is 0 Å². The summed E-state index contributed by atoms with van der Waals surface area (Å²) in [7, 11) is 0. The molecule has 2 aromatic rings. The summed E-state index contributed by atoms with van der Waals surface area (Å²) in [6.45, 7) is 9.71. The van der Waals surface area contributed by atoms with E-state index in [0.29, 0.717) is 0 Å². The maximum Gasteiger partial charge on any atom is 0.244 e. The molecule has 5 heteroatoms. The minimum absolute atomic E-state index is 0.0382. The van der Waals surface area contributed by atoms with E-state index < -0.39 is 0 Å². The van der Waals surface area contributed by atoms with Gasteiger partial charge in [-0.25, -0.2) is 0 Å². The van der Waals surface area contributed by atoms with Crippen molar-refractivity contribution in [1.29, 1.82) is 0 Å². The standard InChI is InChI=1S/C21H27N3O2/c1-15-13-17(16(2)24(15)18-9-7-6-8-10-18)11-12-19(25)22-14-20(26)23-21(3,4)5/h6-13H,14H2,1-5H3,(H,22,25)(H,23,26)/b12-11+. The van der Waals surface area contributed by atoms with Crippen LogP contribution < -0.4 is 10.6 Å². The molecule has 0 aliphatic carbocycles. The van der Waals surface area contributed by atoms with E-state index >= 15 is 0 Å². The van der Waals surface area contributed by atoms with Crippen molar-refractivity contribution in [1.82, 2.24) is 15.2 Å². The fourth-order valence-corrected chi connectivity index (χ4v) is 2.78. The van der Waals surface area contributed by atoms with Gasteiger partial charge < -0.3 is 15.2 Å². The monoisotopic (exact) mass is 353 g/mol. The Hall–Kier alpha value is -2.82. The van der Waals surface area contributed by atoms with E-state index in [1.54, 1.807) is 6.08 Å². The molecule has 1 aromatic carbocycles. The summed E-state index contributed by atoms with van der Waals surface area (Å²) in [6.07, 6.45) is 3.24. The van der Waals surface area contributed by atoms with Crippen LogP contribution in [0.15, 0.2) is 42.5 Å². The molecule has 0 bridgehead atoms. The van der Waals surface area contributed by atoms with Crippen LogP contribution in [0, 0.1) is 13.8 Å². The van der Waals surface area contributed by atoms with Crippen molar-refractivity contribution >= 4 is 17.9 Å². The SMILES string of the molecule is Cc1cc(/C=C/C(=O)NCC(=O)NC(C)(C)C)c(C)n1-c1ccccc1. The van der Waals surface area contributed by atoms with Gasteiger partial charge in [0.15, 0.2) is 0 Å². The zero-order valence-electron chi connectivity index (χ0n) is 16.1. The quantitative estimate of drug-likeness (QED) is 0.811. The molecule has 2 amide bonds. The first-order valence-electron chi connectivity index (χ1n) is 8.68. The number of carbonyl (C=O) groups excluding carboxylic acids is 2. The fourth-order valence-electron chi connectivity index (χ4n) is 2.78. The van der Waals surface area contributed by atoms with Crippen molar-refractivity contribution in [2.45, 2.75) is 40.2 Å². The summed E-state index contributed by atoms with van der Waals surface area (Å²) < 4.78 is 2.15. The highest BCUT2D eigenvalue weighted by Gasteiger charge is 2.14. The number of amides is 2. The zero-order valence-corrected chi connectivity index (χ0v) is 16.1. The molecule has 138 valence electrons. The van der Waals surface area contributed by atoms with E-state index in [9.17, 15) is 9.59 Å². The Balaban J connectivity index is 2.02. The maximum atomic E-state index is 12.0. The summed E-state index contributed by atoms with van der Waals surface area (Å²) >= 11 is 0. The summed E-state index contributed by atoms with van der Waals surface area (Å²) in [5, 5.41) is 5.41. The van der Waals surface area contributed by atoms with Crippen molar-refractivity contribution in [3.63, 3.8) is 0 Å². The number of aryl methyl sites for hydroxylation is 1. The lowest BCUT2D eigenvalue weighted by molar-refractivity contribution is -0.124. The Morgan fingerprint density at radius 3 is 2.38 bits per heavy atom. The van der Waals surface area contributed by atoms with Gasteiger partial charge in [0, 0.05) is 28.7 Å². The van der Waals surface area contributed by atoms with Crippen LogP contribution in [-0.4, -0.2) is 28.5 Å². The van der Waals surface area contributed by atoms with Gasteiger partial charge in [-0.2, -0.15) is 0 Å². The number of nitrogens with one attached hydrogen (secondary N) is 2. The van der Waals surface area contributed by atoms with Crippen molar-refractivity contribution in [3.8, 4) is 5.69 Å². The van der Waals surface area contributed by atoms with Gasteiger partial charge in [-0.1, -0.05) is 18.2 Å². The summed E-state index contributed by atoms with van der Waals surface area (Å²) in [5.74, 6) is -0.500. The third-order valence-electron chi connectivity index (χ3n) is 3.84. The summed E-state index contributed by atoms with van der Waals surface area (Å²) in [5.41, 5.74) is 3.90. The van der Waals surface area contributed by atoms with Gasteiger partial charge in [0.2, 0.25) is 11.8 Å². The number of rotatable bonds is 5. The molecule has 2 rings (SSSR count). The van der Waals surface area contributed by atoms with Crippen molar-refractivity contribution in [3.05, 3.63) is 59.4 Å². The van der Waals surface area contributed by atoms with E-state index in [2.05, 4.69) is 15.2 Å². The molecule has 1 heterocycles. The average molecular weight is 353 g/mol. The van der Waals surface area contributed by atoms with Gasteiger partial charge in [0.25, 0.3) is 0 Å². The lowest BCUT2D eigenvalue weighted by Crippen LogP contribution is -2.45. The third kappa shape index (κ3) is 5.34. The molecule has 0 spiro atoms. The van der Waals surface area contributed by atoms with Gasteiger partial charge in [-0.3, -0.25) is 9.59 Å². The number of hydrogen-bond acceptors (Lipinski definition) is 2. The molecule has 0 atom stereocenters. The largest absolute Gasteiger partial charge is 0.350 e. The highest BCUT2D eigenvalue weighted by molar-refractivity contribution is 5.94. The van der Waals surface area contributed by atoms with Crippen molar-refractivity contribution in [2.24, 2.45) is 0 Å². The van der Waals surface area contributed by atoms with Crippen LogP contribution >= 0.6 is 0 Å². The molecule has 26 heavy (non-hydrogen) atoms. The molecule has 5 nitrogen and oxygen atoms in total. The van der Waals surface area contributed by atoms with E-state index in [-0.39, 0.29) is 23.9 Å². The van der Waals surface area contributed by atoms with Gasteiger partial charge in [0.1, 0.15) is 0 Å². The Kier molecular flexibility index (Phi) is 6.03. The zero-order chi connectivity index (χ0) is 19.3. The number of nitrogens with zero attached hydrogens (tertiary/aromatic N) is 1. The van der Waals surface area contributed by atoms with Crippen molar-refractivity contribution < 1.29 is 9.59 Å². The molecule has 0 unspecified atom stereocenters. The molecule has 0 aliphatic rings. The molecule has 1 aromatic heterocycles. The van der Waals surface area contributed by atoms with Crippen LogP contribution in [0.2, 0.25) is 0 Å². The Labute approximate surface area is 155 Å². The minimum Gasteiger partial charge on any atom is -0.350 e. The predicted molar refractivity (Wildman–Crippen MR) is 105 cm³/mol. The number of hydrogen-bond donors (Lipinski definition) is 2. The first-order valence-corrected chi connectivity index (χ1v) is 8.68. The number of carbonyl (C=O) groups is 2. The molecule has 0 fully saturated rings. The van der Waals surface area contributed by atoms with Crippen LogP contribution in [0.5, 0.6) is 0 Å². The average Bonchev–Trinajstić information content (AvgIpc) is 2.84. The fraction of sp³-hybridized carbons (Fsp3) is 0.333. The predicted octanol–water partition coefficient (Wildman–Crippen LogP) is 3.14. The number of aromatic nitrogens is 1. The van der Waals surface area contributed by atoms with E-state index in [0.717, 1.165) is 22.6 Å². The van der Waals surface area contributed by atoms with E-state index in [1.165, 1.54) is 6.08 Å². The third-order valence-corrected chi connectivity index (χ3v) is 3.84. The maximum absolute atomic E-state index is 12.0. The Morgan fingerprint density at radius 1 is 1.12 bits per heavy atom. The van der Waals surface area contributed by atoms with Crippen LogP contribution in [0.1, 0.15) is 37.7 Å². The van der Waals surface area contributed by atoms with Crippen molar-refractivity contribution in [2.75, 3.05) is 6.54 Å². The molecular weight excluding hydrogens is 326 g/mol. The van der Waals surface area contributed by atoms with E-state index in [1.807, 2.05) is 71.0 Å². The first-order chi connectivity index (χ1) is 12.2. The van der Waals surface area contributed by atoms with Crippen LogP contribution in [0.3, 0.4) is 0 Å². The second-order valence-corrected chi connectivity index (χ2v) is 7.35. The number of para-hydroxylation sites is 1. The Morgan fingerprint density at radius 2 is 1.77 bits per heavy atom. The second kappa shape index (κ2) is 8.04. The molecule has 0 saturated carbocycles. The van der Waals surface area contributed by atoms with Crippen LogP contribution in [0.25, 0.3) is 11.8 Å². The molecule has 2 N–H and O–H groups in total. The van der Waals surface area contributed by atoms with Gasteiger partial charge in [0.05, 0.1) is 6.54 Å². The minimum atomic E-state index is -0.313. The highest BCUT2D eigenvalue weighted by Crippen LogP contribution is 2.21. The lowest BCUT2D eigenvalue weighted by Gasteiger charge is -2.20. The van der Waals surface area contributed by atoms with Gasteiger partial charge >= 0.3 is 0 Å². The molecule has 0 aliphatic heterocycles. The van der Waals surface area contributed by atoms with Crippen LogP contribution in [0.4, 0.5) is 0 Å². The van der Waals surface area contributed by atoms with Crippen LogP contribution in [-0.2, 0) is 9.59 Å².